The zero-order valence-electron chi connectivity index (χ0n) is 11.9. The van der Waals surface area contributed by atoms with Crippen LogP contribution in [0.5, 0.6) is 0 Å². The Labute approximate surface area is 148 Å². The first kappa shape index (κ1) is 17.8. The summed E-state index contributed by atoms with van der Waals surface area (Å²) < 4.78 is 27.7. The van der Waals surface area contributed by atoms with Crippen LogP contribution in [0, 0.1) is 0 Å². The van der Waals surface area contributed by atoms with Gasteiger partial charge in [-0.3, -0.25) is 9.10 Å². The normalized spacial score (nSPS) is 11.2. The number of primary amides is 1. The quantitative estimate of drug-likeness (QED) is 0.784. The second-order valence-electron chi connectivity index (χ2n) is 4.70. The standard InChI is InChI=1S/C15H14BrClN2O3S/c16-11-6-7-14(13(17)10-11)23(21,22)19(9-8-15(18)20)12-4-2-1-3-5-12/h1-7,10H,8-9H2,(H2,18,20). The molecular weight excluding hydrogens is 404 g/mol. The maximum Gasteiger partial charge on any atom is 0.265 e. The molecule has 0 aliphatic carbocycles. The highest BCUT2D eigenvalue weighted by Crippen LogP contribution is 2.30. The van der Waals surface area contributed by atoms with Gasteiger partial charge in [0.05, 0.1) is 10.7 Å². The Morgan fingerprint density at radius 1 is 1.17 bits per heavy atom. The van der Waals surface area contributed by atoms with E-state index in [1.165, 1.54) is 12.1 Å². The average molecular weight is 418 g/mol. The largest absolute Gasteiger partial charge is 0.370 e. The molecule has 2 N–H and O–H groups in total. The Hall–Kier alpha value is -1.57. The molecule has 0 unspecified atom stereocenters. The van der Waals surface area contributed by atoms with E-state index in [0.29, 0.717) is 10.2 Å². The summed E-state index contributed by atoms with van der Waals surface area (Å²) in [7, 11) is -3.92. The van der Waals surface area contributed by atoms with Gasteiger partial charge in [0.2, 0.25) is 5.91 Å². The summed E-state index contributed by atoms with van der Waals surface area (Å²) in [6.07, 6.45) is -0.0950. The number of rotatable bonds is 6. The zero-order chi connectivity index (χ0) is 17.0. The van der Waals surface area contributed by atoms with Crippen LogP contribution in [0.15, 0.2) is 57.9 Å². The molecule has 0 spiro atoms. The van der Waals surface area contributed by atoms with Crippen molar-refractivity contribution in [3.8, 4) is 0 Å². The van der Waals surface area contributed by atoms with E-state index in [4.69, 9.17) is 17.3 Å². The second-order valence-corrected chi connectivity index (χ2v) is 7.86. The Morgan fingerprint density at radius 2 is 1.83 bits per heavy atom. The molecule has 2 rings (SSSR count). The molecule has 0 aliphatic rings. The van der Waals surface area contributed by atoms with Gasteiger partial charge in [0.25, 0.3) is 10.0 Å². The minimum absolute atomic E-state index is 0.0318. The highest BCUT2D eigenvalue weighted by Gasteiger charge is 2.27. The lowest BCUT2D eigenvalue weighted by atomic mass is 10.3. The first-order valence-corrected chi connectivity index (χ1v) is 9.24. The van der Waals surface area contributed by atoms with Gasteiger partial charge in [0.15, 0.2) is 0 Å². The van der Waals surface area contributed by atoms with Crippen molar-refractivity contribution >= 4 is 49.1 Å². The molecule has 0 aromatic heterocycles. The molecule has 0 atom stereocenters. The Bertz CT molecular complexity index is 813. The molecule has 0 radical (unpaired) electrons. The van der Waals surface area contributed by atoms with Gasteiger partial charge >= 0.3 is 0 Å². The van der Waals surface area contributed by atoms with Gasteiger partial charge in [-0.15, -0.1) is 0 Å². The van der Waals surface area contributed by atoms with Crippen molar-refractivity contribution < 1.29 is 13.2 Å². The lowest BCUT2D eigenvalue weighted by Gasteiger charge is -2.24. The lowest BCUT2D eigenvalue weighted by molar-refractivity contribution is -0.117. The van der Waals surface area contributed by atoms with E-state index >= 15 is 0 Å². The van der Waals surface area contributed by atoms with E-state index in [-0.39, 0.29) is 22.9 Å². The van der Waals surface area contributed by atoms with Gasteiger partial charge in [-0.1, -0.05) is 45.7 Å². The van der Waals surface area contributed by atoms with Gasteiger partial charge in [-0.05, 0) is 30.3 Å². The van der Waals surface area contributed by atoms with Crippen molar-refractivity contribution in [3.05, 3.63) is 58.0 Å². The molecule has 23 heavy (non-hydrogen) atoms. The summed E-state index contributed by atoms with van der Waals surface area (Å²) in [6.45, 7) is -0.0614. The zero-order valence-corrected chi connectivity index (χ0v) is 15.1. The first-order chi connectivity index (χ1) is 10.8. The number of nitrogens with zero attached hydrogens (tertiary/aromatic N) is 1. The Kier molecular flexibility index (Phi) is 5.67. The Balaban J connectivity index is 2.50. The van der Waals surface area contributed by atoms with Crippen LogP contribution in [0.25, 0.3) is 0 Å². The summed E-state index contributed by atoms with van der Waals surface area (Å²) in [4.78, 5) is 11.0. The minimum atomic E-state index is -3.92. The fraction of sp³-hybridized carbons (Fsp3) is 0.133. The van der Waals surface area contributed by atoms with Crippen LogP contribution in [0.4, 0.5) is 5.69 Å². The maximum absolute atomic E-state index is 13.0. The summed E-state index contributed by atoms with van der Waals surface area (Å²) in [5.74, 6) is -0.581. The third-order valence-corrected chi connectivity index (χ3v) is 5.87. The maximum atomic E-state index is 13.0. The van der Waals surface area contributed by atoms with Crippen molar-refractivity contribution in [1.82, 2.24) is 0 Å². The number of halogens is 2. The van der Waals surface area contributed by atoms with Crippen molar-refractivity contribution in [3.63, 3.8) is 0 Å². The third kappa shape index (κ3) is 4.25. The number of carbonyl (C=O) groups is 1. The topological polar surface area (TPSA) is 80.5 Å². The highest BCUT2D eigenvalue weighted by atomic mass is 79.9. The summed E-state index contributed by atoms with van der Waals surface area (Å²) in [6, 6.07) is 13.0. The van der Waals surface area contributed by atoms with Crippen LogP contribution in [-0.2, 0) is 14.8 Å². The smallest absolute Gasteiger partial charge is 0.265 e. The van der Waals surface area contributed by atoms with E-state index in [1.807, 2.05) is 0 Å². The number of hydrogen-bond acceptors (Lipinski definition) is 3. The predicted molar refractivity (Wildman–Crippen MR) is 93.9 cm³/mol. The second kappa shape index (κ2) is 7.33. The molecule has 0 bridgehead atoms. The fourth-order valence-electron chi connectivity index (χ4n) is 2.00. The molecule has 2 aromatic carbocycles. The molecule has 1 amide bonds. The average Bonchev–Trinajstić information content (AvgIpc) is 2.47. The summed E-state index contributed by atoms with van der Waals surface area (Å²) in [5, 5.41) is 0.0966. The number of sulfonamides is 1. The van der Waals surface area contributed by atoms with Crippen LogP contribution in [0.2, 0.25) is 5.02 Å². The SMILES string of the molecule is NC(=O)CCN(c1ccccc1)S(=O)(=O)c1ccc(Br)cc1Cl. The minimum Gasteiger partial charge on any atom is -0.370 e. The highest BCUT2D eigenvalue weighted by molar-refractivity contribution is 9.10. The lowest BCUT2D eigenvalue weighted by Crippen LogP contribution is -2.34. The van der Waals surface area contributed by atoms with E-state index in [2.05, 4.69) is 15.9 Å². The van der Waals surface area contributed by atoms with E-state index in [1.54, 1.807) is 36.4 Å². The van der Waals surface area contributed by atoms with Crippen LogP contribution in [0.1, 0.15) is 6.42 Å². The van der Waals surface area contributed by atoms with Crippen LogP contribution < -0.4 is 10.0 Å². The predicted octanol–water partition coefficient (Wildman–Crippen LogP) is 3.17. The number of anilines is 1. The molecule has 2 aromatic rings. The Morgan fingerprint density at radius 3 is 2.39 bits per heavy atom. The third-order valence-electron chi connectivity index (χ3n) is 3.07. The molecule has 0 fully saturated rings. The summed E-state index contributed by atoms with van der Waals surface area (Å²) in [5.41, 5.74) is 5.60. The van der Waals surface area contributed by atoms with Gasteiger partial charge < -0.3 is 5.73 Å². The molecule has 8 heteroatoms. The molecule has 0 saturated heterocycles. The molecular formula is C15H14BrClN2O3S. The number of carbonyl (C=O) groups excluding carboxylic acids is 1. The number of nitrogens with two attached hydrogens (primary N) is 1. The number of hydrogen-bond donors (Lipinski definition) is 1. The fourth-order valence-corrected chi connectivity index (χ4v) is 4.48. The molecule has 0 heterocycles. The van der Waals surface area contributed by atoms with E-state index in [9.17, 15) is 13.2 Å². The number of amides is 1. The van der Waals surface area contributed by atoms with Gasteiger partial charge in [-0.25, -0.2) is 8.42 Å². The van der Waals surface area contributed by atoms with Crippen molar-refractivity contribution in [1.29, 1.82) is 0 Å². The number of benzene rings is 2. The van der Waals surface area contributed by atoms with Crippen LogP contribution >= 0.6 is 27.5 Å². The van der Waals surface area contributed by atoms with Crippen molar-refractivity contribution in [2.45, 2.75) is 11.3 Å². The van der Waals surface area contributed by atoms with Crippen molar-refractivity contribution in [2.75, 3.05) is 10.8 Å². The molecule has 122 valence electrons. The van der Waals surface area contributed by atoms with Gasteiger partial charge in [0.1, 0.15) is 4.90 Å². The number of para-hydroxylation sites is 1. The summed E-state index contributed by atoms with van der Waals surface area (Å²) >= 11 is 9.32. The van der Waals surface area contributed by atoms with E-state index in [0.717, 1.165) is 4.31 Å². The first-order valence-electron chi connectivity index (χ1n) is 6.63. The van der Waals surface area contributed by atoms with Gasteiger partial charge in [0, 0.05) is 17.4 Å². The van der Waals surface area contributed by atoms with Crippen LogP contribution in [-0.4, -0.2) is 20.9 Å². The molecule has 5 nitrogen and oxygen atoms in total. The molecule has 0 aliphatic heterocycles. The van der Waals surface area contributed by atoms with Crippen molar-refractivity contribution in [2.24, 2.45) is 5.73 Å². The van der Waals surface area contributed by atoms with Crippen LogP contribution in [0.3, 0.4) is 0 Å². The van der Waals surface area contributed by atoms with E-state index < -0.39 is 15.9 Å². The monoisotopic (exact) mass is 416 g/mol. The molecule has 0 saturated carbocycles. The van der Waals surface area contributed by atoms with Gasteiger partial charge in [-0.2, -0.15) is 0 Å².